The van der Waals surface area contributed by atoms with Crippen LogP contribution in [0.3, 0.4) is 0 Å². The molecule has 1 aliphatic heterocycles. The lowest BCUT2D eigenvalue weighted by atomic mass is 9.84. The molecule has 112 valence electrons. The second-order valence-electron chi connectivity index (χ2n) is 6.77. The van der Waals surface area contributed by atoms with Gasteiger partial charge < -0.3 is 5.73 Å². The van der Waals surface area contributed by atoms with Gasteiger partial charge in [0, 0.05) is 18.5 Å². The smallest absolute Gasteiger partial charge is 0.234 e. The van der Waals surface area contributed by atoms with Gasteiger partial charge in [0.05, 0.1) is 0 Å². The summed E-state index contributed by atoms with van der Waals surface area (Å²) in [7, 11) is 0. The molecule has 1 fully saturated rings. The number of nitrogens with one attached hydrogen (secondary N) is 1. The molecule has 0 aromatic rings. The van der Waals surface area contributed by atoms with Gasteiger partial charge in [0.25, 0.3) is 0 Å². The number of nitrogens with two attached hydrogens (primary N) is 1. The molecule has 2 unspecified atom stereocenters. The summed E-state index contributed by atoms with van der Waals surface area (Å²) in [5.74, 6) is 0.144. The van der Waals surface area contributed by atoms with Crippen LogP contribution in [-0.4, -0.2) is 29.5 Å². The summed E-state index contributed by atoms with van der Waals surface area (Å²) in [5, 5.41) is 2.14. The van der Waals surface area contributed by atoms with Crippen molar-refractivity contribution in [3.8, 4) is 0 Å². The van der Waals surface area contributed by atoms with Crippen LogP contribution < -0.4 is 11.2 Å². The van der Waals surface area contributed by atoms with Gasteiger partial charge in [-0.2, -0.15) is 0 Å². The van der Waals surface area contributed by atoms with Crippen LogP contribution in [0.15, 0.2) is 0 Å². The quantitative estimate of drug-likeness (QED) is 0.778. The van der Waals surface area contributed by atoms with Crippen molar-refractivity contribution < 1.29 is 4.79 Å². The van der Waals surface area contributed by atoms with Crippen molar-refractivity contribution in [1.29, 1.82) is 0 Å². The highest BCUT2D eigenvalue weighted by Gasteiger charge is 2.26. The highest BCUT2D eigenvalue weighted by Crippen LogP contribution is 2.26. The Kier molecular flexibility index (Phi) is 6.27. The van der Waals surface area contributed by atoms with E-state index in [4.69, 9.17) is 5.73 Å². The summed E-state index contributed by atoms with van der Waals surface area (Å²) in [6, 6.07) is 0.898. The first-order valence-electron chi connectivity index (χ1n) is 7.63. The molecule has 2 atom stereocenters. The number of piperidine rings is 1. The highest BCUT2D eigenvalue weighted by atomic mass is 16.2. The topological polar surface area (TPSA) is 58.4 Å². The Morgan fingerprint density at radius 3 is 2.37 bits per heavy atom. The molecular weight excluding hydrogens is 238 g/mol. The molecule has 4 nitrogen and oxygen atoms in total. The lowest BCUT2D eigenvalue weighted by Crippen LogP contribution is -2.54. The summed E-state index contributed by atoms with van der Waals surface area (Å²) in [6.07, 6.45) is 6.05. The van der Waals surface area contributed by atoms with E-state index < -0.39 is 0 Å². The Hall–Kier alpha value is -0.610. The molecule has 0 bridgehead atoms. The van der Waals surface area contributed by atoms with E-state index in [1.807, 2.05) is 0 Å². The van der Waals surface area contributed by atoms with E-state index in [0.29, 0.717) is 25.0 Å². The number of carbonyl (C=O) groups excluding carboxylic acids is 1. The van der Waals surface area contributed by atoms with Crippen LogP contribution in [0.4, 0.5) is 0 Å². The van der Waals surface area contributed by atoms with Crippen molar-refractivity contribution in [1.82, 2.24) is 10.4 Å². The van der Waals surface area contributed by atoms with Crippen molar-refractivity contribution in [2.75, 3.05) is 6.54 Å². The van der Waals surface area contributed by atoms with Crippen LogP contribution in [0.1, 0.15) is 66.2 Å². The van der Waals surface area contributed by atoms with Crippen LogP contribution >= 0.6 is 0 Å². The fourth-order valence-electron chi connectivity index (χ4n) is 2.81. The minimum absolute atomic E-state index is 0.144. The summed E-state index contributed by atoms with van der Waals surface area (Å²) >= 11 is 0. The van der Waals surface area contributed by atoms with Gasteiger partial charge in [-0.3, -0.25) is 10.2 Å². The Balaban J connectivity index is 2.38. The molecule has 0 aliphatic carbocycles. The molecule has 1 saturated heterocycles. The monoisotopic (exact) mass is 269 g/mol. The molecular formula is C15H31N3O. The predicted molar refractivity (Wildman–Crippen MR) is 79.4 cm³/mol. The van der Waals surface area contributed by atoms with Crippen molar-refractivity contribution in [2.24, 2.45) is 11.1 Å². The summed E-state index contributed by atoms with van der Waals surface area (Å²) < 4.78 is 0. The van der Waals surface area contributed by atoms with Crippen LogP contribution in [0.5, 0.6) is 0 Å². The normalized spacial score (nSPS) is 25.3. The second-order valence-corrected chi connectivity index (χ2v) is 6.77. The van der Waals surface area contributed by atoms with Gasteiger partial charge in [-0.25, -0.2) is 5.01 Å². The zero-order valence-electron chi connectivity index (χ0n) is 13.0. The minimum Gasteiger partial charge on any atom is -0.330 e. The molecule has 0 saturated carbocycles. The zero-order chi connectivity index (χ0) is 14.5. The Morgan fingerprint density at radius 2 is 1.84 bits per heavy atom. The molecule has 0 aromatic carbocycles. The van der Waals surface area contributed by atoms with Crippen LogP contribution in [0, 0.1) is 5.41 Å². The van der Waals surface area contributed by atoms with Crippen LogP contribution in [0.2, 0.25) is 0 Å². The first-order valence-corrected chi connectivity index (χ1v) is 7.63. The van der Waals surface area contributed by atoms with Gasteiger partial charge in [0.2, 0.25) is 5.91 Å². The fraction of sp³-hybridized carbons (Fsp3) is 0.933. The molecule has 3 N–H and O–H groups in total. The first-order chi connectivity index (χ1) is 8.85. The Labute approximate surface area is 118 Å². The SMILES string of the molecule is CC1CCCC(C)N1NC(=O)CCC(C)(C)CCN. The zero-order valence-corrected chi connectivity index (χ0v) is 13.0. The number of nitrogens with zero attached hydrogens (tertiary/aromatic N) is 1. The molecule has 0 radical (unpaired) electrons. The molecule has 1 amide bonds. The van der Waals surface area contributed by atoms with Crippen LogP contribution in [0.25, 0.3) is 0 Å². The maximum Gasteiger partial charge on any atom is 0.234 e. The number of hydrogen-bond acceptors (Lipinski definition) is 3. The van der Waals surface area contributed by atoms with Crippen molar-refractivity contribution in [3.05, 3.63) is 0 Å². The van der Waals surface area contributed by atoms with E-state index in [0.717, 1.165) is 12.8 Å². The van der Waals surface area contributed by atoms with Crippen molar-refractivity contribution in [2.45, 2.75) is 78.3 Å². The van der Waals surface area contributed by atoms with Crippen molar-refractivity contribution in [3.63, 3.8) is 0 Å². The summed E-state index contributed by atoms with van der Waals surface area (Å²) in [6.45, 7) is 9.43. The summed E-state index contributed by atoms with van der Waals surface area (Å²) in [5.41, 5.74) is 8.85. The molecule has 0 spiro atoms. The van der Waals surface area contributed by atoms with E-state index in [-0.39, 0.29) is 11.3 Å². The third-order valence-corrected chi connectivity index (χ3v) is 4.30. The van der Waals surface area contributed by atoms with Crippen LogP contribution in [-0.2, 0) is 4.79 Å². The van der Waals surface area contributed by atoms with Gasteiger partial charge in [0.15, 0.2) is 0 Å². The van der Waals surface area contributed by atoms with Crippen molar-refractivity contribution >= 4 is 5.91 Å². The van der Waals surface area contributed by atoms with E-state index in [2.05, 4.69) is 38.1 Å². The minimum atomic E-state index is 0.144. The largest absolute Gasteiger partial charge is 0.330 e. The fourth-order valence-corrected chi connectivity index (χ4v) is 2.81. The molecule has 19 heavy (non-hydrogen) atoms. The van der Waals surface area contributed by atoms with E-state index in [9.17, 15) is 4.79 Å². The standard InChI is InChI=1S/C15H31N3O/c1-12-6-5-7-13(2)18(12)17-14(19)8-9-15(3,4)10-11-16/h12-13H,5-11,16H2,1-4H3,(H,17,19). The molecule has 4 heteroatoms. The maximum atomic E-state index is 12.1. The molecule has 0 aromatic heterocycles. The average Bonchev–Trinajstić information content (AvgIpc) is 2.32. The van der Waals surface area contributed by atoms with Gasteiger partial charge in [0.1, 0.15) is 0 Å². The average molecular weight is 269 g/mol. The Morgan fingerprint density at radius 1 is 1.26 bits per heavy atom. The second kappa shape index (κ2) is 7.25. The number of hydrogen-bond donors (Lipinski definition) is 2. The first kappa shape index (κ1) is 16.4. The van der Waals surface area contributed by atoms with Gasteiger partial charge >= 0.3 is 0 Å². The van der Waals surface area contributed by atoms with Gasteiger partial charge in [-0.1, -0.05) is 20.3 Å². The summed E-state index contributed by atoms with van der Waals surface area (Å²) in [4.78, 5) is 12.1. The highest BCUT2D eigenvalue weighted by molar-refractivity contribution is 5.75. The lowest BCUT2D eigenvalue weighted by Gasteiger charge is -2.39. The molecule has 1 heterocycles. The third-order valence-electron chi connectivity index (χ3n) is 4.30. The number of hydrazine groups is 1. The lowest BCUT2D eigenvalue weighted by molar-refractivity contribution is -0.129. The van der Waals surface area contributed by atoms with Gasteiger partial charge in [-0.05, 0) is 51.5 Å². The third kappa shape index (κ3) is 5.49. The number of rotatable bonds is 6. The number of amides is 1. The predicted octanol–water partition coefficient (Wildman–Crippen LogP) is 2.44. The molecule has 1 rings (SSSR count). The maximum absolute atomic E-state index is 12.1. The van der Waals surface area contributed by atoms with Gasteiger partial charge in [-0.15, -0.1) is 0 Å². The van der Waals surface area contributed by atoms with E-state index in [1.54, 1.807) is 0 Å². The number of carbonyl (C=O) groups is 1. The Bertz CT molecular complexity index is 281. The molecule has 1 aliphatic rings. The van der Waals surface area contributed by atoms with E-state index >= 15 is 0 Å². The van der Waals surface area contributed by atoms with E-state index in [1.165, 1.54) is 19.3 Å².